The van der Waals surface area contributed by atoms with Gasteiger partial charge >= 0.3 is 12.1 Å². The Morgan fingerprint density at radius 2 is 1.94 bits per heavy atom. The molecule has 0 unspecified atom stereocenters. The minimum atomic E-state index is -0.513. The first-order chi connectivity index (χ1) is 17.2. The standard InChI is InChI=1S/C26H36BrN5O4/c1-26(2,3)36-25(33)32-12-10-31(11-13-32)23-21-20(15-19(27)18-8-6-14-34-22(18)21)28-24(29-23)35-16-17-7-5-9-30(17)4/h15,17H,5-14,16H2,1-4H3/t17-/m0/s1. The summed E-state index contributed by atoms with van der Waals surface area (Å²) in [5.74, 6) is 1.67. The summed E-state index contributed by atoms with van der Waals surface area (Å²) >= 11 is 3.74. The lowest BCUT2D eigenvalue weighted by Gasteiger charge is -2.37. The van der Waals surface area contributed by atoms with E-state index in [2.05, 4.69) is 38.8 Å². The van der Waals surface area contributed by atoms with E-state index >= 15 is 0 Å². The average molecular weight is 563 g/mol. The largest absolute Gasteiger partial charge is 0.492 e. The molecule has 0 radical (unpaired) electrons. The van der Waals surface area contributed by atoms with Gasteiger partial charge in [-0.3, -0.25) is 0 Å². The summed E-state index contributed by atoms with van der Waals surface area (Å²) in [6.07, 6.45) is 3.97. The molecule has 4 heterocycles. The fourth-order valence-corrected chi connectivity index (χ4v) is 5.73. The number of rotatable bonds is 4. The quantitative estimate of drug-likeness (QED) is 0.548. The van der Waals surface area contributed by atoms with Crippen LogP contribution >= 0.6 is 15.9 Å². The molecular weight excluding hydrogens is 526 g/mol. The average Bonchev–Trinajstić information content (AvgIpc) is 3.26. The van der Waals surface area contributed by atoms with Crippen LogP contribution in [0.4, 0.5) is 10.6 Å². The molecule has 10 heteroatoms. The van der Waals surface area contributed by atoms with Crippen molar-refractivity contribution in [1.82, 2.24) is 19.8 Å². The van der Waals surface area contributed by atoms with Crippen molar-refractivity contribution in [3.05, 3.63) is 16.1 Å². The van der Waals surface area contributed by atoms with Crippen molar-refractivity contribution < 1.29 is 19.0 Å². The van der Waals surface area contributed by atoms with E-state index in [0.717, 1.165) is 58.3 Å². The molecule has 1 atom stereocenters. The number of ether oxygens (including phenoxy) is 3. The zero-order valence-electron chi connectivity index (χ0n) is 21.7. The summed E-state index contributed by atoms with van der Waals surface area (Å²) < 4.78 is 18.9. The van der Waals surface area contributed by atoms with Crippen LogP contribution in [0.2, 0.25) is 0 Å². The summed E-state index contributed by atoms with van der Waals surface area (Å²) in [5.41, 5.74) is 1.45. The summed E-state index contributed by atoms with van der Waals surface area (Å²) in [4.78, 5) is 28.6. The highest BCUT2D eigenvalue weighted by Crippen LogP contribution is 2.42. The number of benzene rings is 1. The number of likely N-dealkylation sites (tertiary alicyclic amines) is 1. The van der Waals surface area contributed by atoms with Crippen LogP contribution in [-0.2, 0) is 11.2 Å². The molecule has 9 nitrogen and oxygen atoms in total. The van der Waals surface area contributed by atoms with Gasteiger partial charge in [0.15, 0.2) is 0 Å². The van der Waals surface area contributed by atoms with Gasteiger partial charge in [0, 0.05) is 42.3 Å². The topological polar surface area (TPSA) is 80.3 Å². The highest BCUT2D eigenvalue weighted by molar-refractivity contribution is 9.10. The van der Waals surface area contributed by atoms with E-state index in [-0.39, 0.29) is 6.09 Å². The lowest BCUT2D eigenvalue weighted by atomic mass is 10.0. The van der Waals surface area contributed by atoms with Crippen LogP contribution in [-0.4, -0.2) is 90.5 Å². The Bertz CT molecular complexity index is 1130. The van der Waals surface area contributed by atoms with Gasteiger partial charge in [-0.25, -0.2) is 4.79 Å². The molecule has 196 valence electrons. The summed E-state index contributed by atoms with van der Waals surface area (Å²) in [6, 6.07) is 2.82. The smallest absolute Gasteiger partial charge is 0.410 e. The molecular formula is C26H36BrN5O4. The normalized spacial score (nSPS) is 20.9. The molecule has 2 saturated heterocycles. The van der Waals surface area contributed by atoms with Gasteiger partial charge < -0.3 is 28.9 Å². The number of carbonyl (C=O) groups is 1. The van der Waals surface area contributed by atoms with E-state index < -0.39 is 5.60 Å². The Labute approximate surface area is 221 Å². The van der Waals surface area contributed by atoms with Crippen molar-refractivity contribution in [2.24, 2.45) is 0 Å². The second kappa shape index (κ2) is 10.2. The number of anilines is 1. The monoisotopic (exact) mass is 561 g/mol. The number of amides is 1. The number of fused-ring (bicyclic) bond motifs is 3. The number of carbonyl (C=O) groups excluding carboxylic acids is 1. The van der Waals surface area contributed by atoms with Gasteiger partial charge in [-0.1, -0.05) is 15.9 Å². The van der Waals surface area contributed by atoms with E-state index in [1.54, 1.807) is 4.90 Å². The predicted molar refractivity (Wildman–Crippen MR) is 142 cm³/mol. The molecule has 0 aliphatic carbocycles. The van der Waals surface area contributed by atoms with Crippen molar-refractivity contribution in [2.45, 2.75) is 58.1 Å². The molecule has 3 aliphatic heterocycles. The van der Waals surface area contributed by atoms with Gasteiger partial charge in [0.2, 0.25) is 0 Å². The first-order valence-corrected chi connectivity index (χ1v) is 13.7. The first-order valence-electron chi connectivity index (χ1n) is 12.9. The van der Waals surface area contributed by atoms with Gasteiger partial charge in [0.25, 0.3) is 0 Å². The van der Waals surface area contributed by atoms with Crippen LogP contribution < -0.4 is 14.4 Å². The van der Waals surface area contributed by atoms with Crippen molar-refractivity contribution in [3.63, 3.8) is 0 Å². The highest BCUT2D eigenvalue weighted by atomic mass is 79.9. The number of aromatic nitrogens is 2. The Morgan fingerprint density at radius 3 is 2.64 bits per heavy atom. The Morgan fingerprint density at radius 1 is 1.17 bits per heavy atom. The zero-order chi connectivity index (χ0) is 25.4. The zero-order valence-corrected chi connectivity index (χ0v) is 23.3. The molecule has 0 spiro atoms. The molecule has 2 aromatic rings. The SMILES string of the molecule is CN1CCC[C@H]1COc1nc(N2CCN(C(=O)OC(C)(C)C)CC2)c2c3c(c(Br)cc2n1)CCCO3. The Kier molecular flexibility index (Phi) is 7.18. The van der Waals surface area contributed by atoms with Gasteiger partial charge in [-0.15, -0.1) is 0 Å². The minimum Gasteiger partial charge on any atom is -0.492 e. The highest BCUT2D eigenvalue weighted by Gasteiger charge is 2.30. The fraction of sp³-hybridized carbons (Fsp3) is 0.654. The van der Waals surface area contributed by atoms with Gasteiger partial charge in [0.1, 0.15) is 23.8 Å². The third-order valence-corrected chi connectivity index (χ3v) is 7.78. The third kappa shape index (κ3) is 5.34. The molecule has 0 bridgehead atoms. The maximum Gasteiger partial charge on any atom is 0.410 e. The molecule has 1 amide bonds. The molecule has 0 N–H and O–H groups in total. The first kappa shape index (κ1) is 25.3. The Balaban J connectivity index is 1.45. The number of hydrogen-bond donors (Lipinski definition) is 0. The van der Waals surface area contributed by atoms with E-state index in [0.29, 0.717) is 51.4 Å². The van der Waals surface area contributed by atoms with Crippen LogP contribution in [0.25, 0.3) is 10.9 Å². The minimum absolute atomic E-state index is 0.274. The molecule has 1 aromatic heterocycles. The van der Waals surface area contributed by atoms with E-state index in [9.17, 15) is 4.79 Å². The lowest BCUT2D eigenvalue weighted by Crippen LogP contribution is -2.50. The number of nitrogens with zero attached hydrogens (tertiary/aromatic N) is 5. The van der Waals surface area contributed by atoms with Gasteiger partial charge in [-0.05, 0) is 66.1 Å². The number of piperazine rings is 1. The second-order valence-electron chi connectivity index (χ2n) is 10.9. The molecule has 0 saturated carbocycles. The van der Waals surface area contributed by atoms with Crippen molar-refractivity contribution in [3.8, 4) is 11.8 Å². The molecule has 36 heavy (non-hydrogen) atoms. The lowest BCUT2D eigenvalue weighted by molar-refractivity contribution is 0.0240. The van der Waals surface area contributed by atoms with Gasteiger partial charge in [0.05, 0.1) is 17.5 Å². The molecule has 5 rings (SSSR count). The van der Waals surface area contributed by atoms with Crippen molar-refractivity contribution in [2.75, 3.05) is 57.9 Å². The predicted octanol–water partition coefficient (Wildman–Crippen LogP) is 4.25. The fourth-order valence-electron chi connectivity index (χ4n) is 5.13. The van der Waals surface area contributed by atoms with E-state index in [4.69, 9.17) is 24.2 Å². The van der Waals surface area contributed by atoms with Crippen LogP contribution in [0.15, 0.2) is 10.5 Å². The summed E-state index contributed by atoms with van der Waals surface area (Å²) in [7, 11) is 2.14. The molecule has 3 aliphatic rings. The van der Waals surface area contributed by atoms with Crippen molar-refractivity contribution in [1.29, 1.82) is 0 Å². The van der Waals surface area contributed by atoms with Crippen LogP contribution in [0.3, 0.4) is 0 Å². The van der Waals surface area contributed by atoms with E-state index in [1.807, 2.05) is 20.8 Å². The number of halogens is 1. The summed E-state index contributed by atoms with van der Waals surface area (Å²) in [6.45, 7) is 10.4. The maximum atomic E-state index is 12.6. The second-order valence-corrected chi connectivity index (χ2v) is 11.7. The third-order valence-electron chi connectivity index (χ3n) is 7.08. The molecule has 1 aromatic carbocycles. The van der Waals surface area contributed by atoms with Crippen LogP contribution in [0, 0.1) is 0 Å². The van der Waals surface area contributed by atoms with Gasteiger partial charge in [-0.2, -0.15) is 9.97 Å². The van der Waals surface area contributed by atoms with Crippen molar-refractivity contribution >= 4 is 38.7 Å². The van der Waals surface area contributed by atoms with Crippen LogP contribution in [0.1, 0.15) is 45.6 Å². The Hall–Kier alpha value is -2.33. The maximum absolute atomic E-state index is 12.6. The number of hydrogen-bond acceptors (Lipinski definition) is 8. The van der Waals surface area contributed by atoms with E-state index in [1.165, 1.54) is 6.42 Å². The van der Waals surface area contributed by atoms with Crippen LogP contribution in [0.5, 0.6) is 11.8 Å². The number of likely N-dealkylation sites (N-methyl/N-ethyl adjacent to an activating group) is 1. The summed E-state index contributed by atoms with van der Waals surface area (Å²) in [5, 5.41) is 0.920. The molecule has 2 fully saturated rings.